The van der Waals surface area contributed by atoms with Crippen LogP contribution in [0.25, 0.3) is 0 Å². The molecule has 0 saturated heterocycles. The molecule has 2 aromatic carbocycles. The molecule has 96 valence electrons. The normalized spacial score (nSPS) is 11.5. The Kier molecular flexibility index (Phi) is 5.38. The number of halogens is 1. The van der Waals surface area contributed by atoms with Crippen LogP contribution in [0.3, 0.4) is 0 Å². The largest absolute Gasteiger partial charge is 0.147 e. The number of benzene rings is 2. The average molecular weight is 279 g/mol. The molecular formula is C16H20ClP. The van der Waals surface area contributed by atoms with Gasteiger partial charge >= 0.3 is 0 Å². The van der Waals surface area contributed by atoms with Crippen molar-refractivity contribution in [2.75, 3.05) is 0 Å². The van der Waals surface area contributed by atoms with Gasteiger partial charge in [0.05, 0.1) is 0 Å². The topological polar surface area (TPSA) is 0 Å². The molecule has 0 bridgehead atoms. The molecule has 0 nitrogen and oxygen atoms in total. The van der Waals surface area contributed by atoms with Crippen molar-refractivity contribution >= 4 is 31.6 Å². The summed E-state index contributed by atoms with van der Waals surface area (Å²) >= 11 is 0. The van der Waals surface area contributed by atoms with Crippen molar-refractivity contribution in [1.82, 2.24) is 0 Å². The SMILES string of the molecule is CC(C)(C)c1cccc(Pc2ccccc2)c1.Cl. The minimum atomic E-state index is 0. The van der Waals surface area contributed by atoms with Crippen molar-refractivity contribution in [1.29, 1.82) is 0 Å². The Labute approximate surface area is 118 Å². The van der Waals surface area contributed by atoms with Gasteiger partial charge in [0.25, 0.3) is 0 Å². The van der Waals surface area contributed by atoms with Crippen LogP contribution in [-0.2, 0) is 5.41 Å². The fourth-order valence-electron chi connectivity index (χ4n) is 1.75. The van der Waals surface area contributed by atoms with E-state index in [4.69, 9.17) is 0 Å². The Balaban J connectivity index is 0.00000162. The van der Waals surface area contributed by atoms with Crippen LogP contribution in [0, 0.1) is 0 Å². The molecule has 0 aliphatic carbocycles. The van der Waals surface area contributed by atoms with Crippen molar-refractivity contribution in [2.24, 2.45) is 0 Å². The van der Waals surface area contributed by atoms with E-state index in [2.05, 4.69) is 75.4 Å². The molecule has 0 N–H and O–H groups in total. The lowest BCUT2D eigenvalue weighted by atomic mass is 9.87. The Morgan fingerprint density at radius 2 is 1.39 bits per heavy atom. The monoisotopic (exact) mass is 278 g/mol. The van der Waals surface area contributed by atoms with Crippen LogP contribution in [0.4, 0.5) is 0 Å². The van der Waals surface area contributed by atoms with E-state index >= 15 is 0 Å². The Morgan fingerprint density at radius 1 is 0.778 bits per heavy atom. The van der Waals surface area contributed by atoms with E-state index in [0.717, 1.165) is 8.58 Å². The van der Waals surface area contributed by atoms with Gasteiger partial charge in [0.15, 0.2) is 0 Å². The number of hydrogen-bond acceptors (Lipinski definition) is 0. The van der Waals surface area contributed by atoms with Crippen molar-refractivity contribution in [3.63, 3.8) is 0 Å². The van der Waals surface area contributed by atoms with Gasteiger partial charge < -0.3 is 0 Å². The van der Waals surface area contributed by atoms with Gasteiger partial charge in [-0.15, -0.1) is 12.4 Å². The Bertz CT molecular complexity index is 486. The molecule has 1 atom stereocenters. The summed E-state index contributed by atoms with van der Waals surface area (Å²) in [5.74, 6) is 0. The first-order valence-electron chi connectivity index (χ1n) is 5.98. The highest BCUT2D eigenvalue weighted by molar-refractivity contribution is 7.55. The first kappa shape index (κ1) is 15.2. The van der Waals surface area contributed by atoms with E-state index in [9.17, 15) is 0 Å². The van der Waals surface area contributed by atoms with Crippen molar-refractivity contribution < 1.29 is 0 Å². The van der Waals surface area contributed by atoms with Gasteiger partial charge in [0.1, 0.15) is 0 Å². The first-order valence-corrected chi connectivity index (χ1v) is 6.98. The minimum Gasteiger partial charge on any atom is -0.147 e. The molecule has 0 radical (unpaired) electrons. The first-order chi connectivity index (χ1) is 8.05. The highest BCUT2D eigenvalue weighted by atomic mass is 35.5. The molecule has 0 spiro atoms. The summed E-state index contributed by atoms with van der Waals surface area (Å²) in [6, 6.07) is 19.6. The predicted molar refractivity (Wildman–Crippen MR) is 86.4 cm³/mol. The average Bonchev–Trinajstić information content (AvgIpc) is 2.29. The molecule has 18 heavy (non-hydrogen) atoms. The molecule has 2 heteroatoms. The molecule has 0 fully saturated rings. The van der Waals surface area contributed by atoms with Gasteiger partial charge in [-0.3, -0.25) is 0 Å². The summed E-state index contributed by atoms with van der Waals surface area (Å²) in [6.07, 6.45) is 0. The lowest BCUT2D eigenvalue weighted by molar-refractivity contribution is 0.591. The summed E-state index contributed by atoms with van der Waals surface area (Å²) in [5.41, 5.74) is 1.65. The molecule has 2 aromatic rings. The van der Waals surface area contributed by atoms with Crippen LogP contribution in [0.1, 0.15) is 26.3 Å². The maximum Gasteiger partial charge on any atom is -0.0132 e. The van der Waals surface area contributed by atoms with Crippen LogP contribution in [-0.4, -0.2) is 0 Å². The summed E-state index contributed by atoms with van der Waals surface area (Å²) < 4.78 is 0. The second-order valence-electron chi connectivity index (χ2n) is 5.32. The quantitative estimate of drug-likeness (QED) is 0.728. The van der Waals surface area contributed by atoms with Gasteiger partial charge in [-0.05, 0) is 21.6 Å². The minimum absolute atomic E-state index is 0. The fraction of sp³-hybridized carbons (Fsp3) is 0.250. The second-order valence-corrected chi connectivity index (χ2v) is 6.73. The third kappa shape index (κ3) is 4.12. The molecule has 0 aliphatic heterocycles. The standard InChI is InChI=1S/C16H19P.ClH/c1-16(2,3)13-8-7-11-15(12-13)17-14-9-5-4-6-10-14;/h4-12,17H,1-3H3;1H. The van der Waals surface area contributed by atoms with Gasteiger partial charge in [0.2, 0.25) is 0 Å². The molecule has 0 aliphatic rings. The lowest BCUT2D eigenvalue weighted by Crippen LogP contribution is -2.14. The third-order valence-electron chi connectivity index (χ3n) is 2.79. The third-order valence-corrected chi connectivity index (χ3v) is 4.01. The van der Waals surface area contributed by atoms with E-state index in [0.29, 0.717) is 0 Å². The molecule has 2 rings (SSSR count). The maximum absolute atomic E-state index is 2.34. The molecule has 0 heterocycles. The maximum atomic E-state index is 2.34. The van der Waals surface area contributed by atoms with Crippen LogP contribution < -0.4 is 10.6 Å². The molecule has 0 aromatic heterocycles. The van der Waals surface area contributed by atoms with Crippen LogP contribution in [0.2, 0.25) is 0 Å². The summed E-state index contributed by atoms with van der Waals surface area (Å²) in [7, 11) is 0.752. The number of hydrogen-bond donors (Lipinski definition) is 0. The summed E-state index contributed by atoms with van der Waals surface area (Å²) in [5, 5.41) is 2.82. The zero-order valence-electron chi connectivity index (χ0n) is 11.1. The number of rotatable bonds is 2. The van der Waals surface area contributed by atoms with Crippen LogP contribution >= 0.6 is 21.0 Å². The summed E-state index contributed by atoms with van der Waals surface area (Å²) in [4.78, 5) is 0. The zero-order valence-corrected chi connectivity index (χ0v) is 12.9. The van der Waals surface area contributed by atoms with Gasteiger partial charge in [-0.25, -0.2) is 0 Å². The van der Waals surface area contributed by atoms with Crippen LogP contribution in [0.15, 0.2) is 54.6 Å². The van der Waals surface area contributed by atoms with E-state index in [1.165, 1.54) is 16.2 Å². The van der Waals surface area contributed by atoms with Gasteiger partial charge in [0, 0.05) is 0 Å². The van der Waals surface area contributed by atoms with E-state index in [-0.39, 0.29) is 17.8 Å². The van der Waals surface area contributed by atoms with E-state index < -0.39 is 0 Å². The van der Waals surface area contributed by atoms with E-state index in [1.54, 1.807) is 0 Å². The Hall–Kier alpha value is -0.840. The molecular weight excluding hydrogens is 259 g/mol. The van der Waals surface area contributed by atoms with Gasteiger partial charge in [-0.2, -0.15) is 0 Å². The zero-order chi connectivity index (χ0) is 12.3. The van der Waals surface area contributed by atoms with Crippen molar-refractivity contribution in [3.05, 3.63) is 60.2 Å². The molecule has 1 unspecified atom stereocenters. The van der Waals surface area contributed by atoms with E-state index in [1.807, 2.05) is 0 Å². The predicted octanol–water partition coefficient (Wildman–Crippen LogP) is 4.04. The second kappa shape index (κ2) is 6.36. The van der Waals surface area contributed by atoms with Crippen LogP contribution in [0.5, 0.6) is 0 Å². The highest BCUT2D eigenvalue weighted by Crippen LogP contribution is 2.22. The highest BCUT2D eigenvalue weighted by Gasteiger charge is 2.13. The molecule has 0 saturated carbocycles. The smallest absolute Gasteiger partial charge is 0.0132 e. The summed E-state index contributed by atoms with van der Waals surface area (Å²) in [6.45, 7) is 6.78. The molecule has 0 amide bonds. The van der Waals surface area contributed by atoms with Crippen molar-refractivity contribution in [3.8, 4) is 0 Å². The van der Waals surface area contributed by atoms with Crippen molar-refractivity contribution in [2.45, 2.75) is 26.2 Å². The lowest BCUT2D eigenvalue weighted by Gasteiger charge is -2.19. The van der Waals surface area contributed by atoms with Gasteiger partial charge in [-0.1, -0.05) is 83.9 Å². The Morgan fingerprint density at radius 3 is 2.00 bits per heavy atom. The fourth-order valence-corrected chi connectivity index (χ4v) is 2.85.